The Morgan fingerprint density at radius 3 is 1.08 bits per heavy atom. The molecule has 0 amide bonds. The van der Waals surface area contributed by atoms with Gasteiger partial charge >= 0.3 is 40.2 Å². The normalized spacial score (nSPS) is 12.2. The minimum Gasteiger partial charge on any atom is -0.493 e. The summed E-state index contributed by atoms with van der Waals surface area (Å²) >= 11 is 0. The van der Waals surface area contributed by atoms with Crippen molar-refractivity contribution in [3.8, 4) is 34.2 Å². The Labute approximate surface area is 496 Å². The fourth-order valence-corrected chi connectivity index (χ4v) is 8.99. The average molecular weight is 1400 g/mol. The van der Waals surface area contributed by atoms with Crippen LogP contribution in [-0.2, 0) is 40.2 Å². The first-order chi connectivity index (χ1) is 35.5. The molecule has 2 aliphatic rings. The number of rotatable bonds is 10. The largest absolute Gasteiger partial charge is 3.00 e. The van der Waals surface area contributed by atoms with Crippen molar-refractivity contribution in [3.05, 3.63) is 216 Å². The number of nitrogens with zero attached hydrogens (tertiary/aromatic N) is 10. The van der Waals surface area contributed by atoms with Crippen LogP contribution in [0.5, 0.6) is 0 Å². The molecule has 10 nitrogen and oxygen atoms in total. The summed E-state index contributed by atoms with van der Waals surface area (Å²) in [4.78, 5) is 13.0. The van der Waals surface area contributed by atoms with Crippen LogP contribution in [0.25, 0.3) is 34.2 Å². The van der Waals surface area contributed by atoms with Crippen molar-refractivity contribution in [1.29, 1.82) is 0 Å². The van der Waals surface area contributed by atoms with Crippen molar-refractivity contribution in [2.75, 3.05) is 24.1 Å². The summed E-state index contributed by atoms with van der Waals surface area (Å²) in [6, 6.07) is 50.7. The summed E-state index contributed by atoms with van der Waals surface area (Å²) in [6.07, 6.45) is 11.4. The predicted octanol–water partition coefficient (Wildman–Crippen LogP) is 16.3. The van der Waals surface area contributed by atoms with E-state index in [1.165, 1.54) is 44.8 Å². The molecular weight excluding hydrogens is 1320 g/mol. The van der Waals surface area contributed by atoms with Crippen LogP contribution in [0.15, 0.2) is 144 Å². The molecule has 10 rings (SSSR count). The molecule has 78 heavy (non-hydrogen) atoms. The molecule has 0 saturated carbocycles. The second-order valence-electron chi connectivity index (χ2n) is 20.1. The second-order valence-corrected chi connectivity index (χ2v) is 20.1. The minimum atomic E-state index is 0. The van der Waals surface area contributed by atoms with Gasteiger partial charge in [-0.25, -0.2) is 0 Å². The van der Waals surface area contributed by atoms with E-state index in [9.17, 15) is 0 Å². The summed E-state index contributed by atoms with van der Waals surface area (Å²) in [5.74, 6) is 3.72. The first kappa shape index (κ1) is 65.9. The SMILES string of the molecule is C.C.CC(C)c1cccc(C(C)C)c1-n1ccnc1-c1[c-]cccc1.CC(C)c1cccc(C(C)C)c1-n1ccnc1-c1[c-]cccc1.Cc1[c-]c(N2[CH-]N(C)C=N2)cc(C)c1.Cc1[c-]c(N2[CH-]N(C)C=N2)cc(C)c1.[Ir+3].[Ir+3]. The summed E-state index contributed by atoms with van der Waals surface area (Å²) in [5, 5.41) is 12.1. The van der Waals surface area contributed by atoms with E-state index in [1.807, 2.05) is 110 Å². The van der Waals surface area contributed by atoms with Gasteiger partial charge in [0.15, 0.2) is 0 Å². The van der Waals surface area contributed by atoms with Crippen molar-refractivity contribution < 1.29 is 40.2 Å². The molecule has 12 heteroatoms. The van der Waals surface area contributed by atoms with E-state index in [2.05, 4.69) is 208 Å². The van der Waals surface area contributed by atoms with E-state index in [4.69, 9.17) is 0 Å². The van der Waals surface area contributed by atoms with E-state index < -0.39 is 0 Å². The Hall–Kier alpha value is -6.42. The van der Waals surface area contributed by atoms with Gasteiger partial charge in [-0.05, 0) is 60.0 Å². The Kier molecular flexibility index (Phi) is 25.9. The van der Waals surface area contributed by atoms with Crippen LogP contribution in [0.3, 0.4) is 0 Å². The van der Waals surface area contributed by atoms with Crippen molar-refractivity contribution in [2.24, 2.45) is 10.2 Å². The van der Waals surface area contributed by atoms with Crippen molar-refractivity contribution in [3.63, 3.8) is 0 Å². The van der Waals surface area contributed by atoms with E-state index in [0.717, 1.165) is 45.3 Å². The summed E-state index contributed by atoms with van der Waals surface area (Å²) in [5.41, 5.74) is 16.7. The topological polar surface area (TPSA) is 73.3 Å². The number of hydrogen-bond acceptors (Lipinski definition) is 8. The zero-order valence-electron chi connectivity index (χ0n) is 46.5. The van der Waals surface area contributed by atoms with Crippen LogP contribution in [0, 0.1) is 65.3 Å². The maximum Gasteiger partial charge on any atom is 3.00 e. The van der Waals surface area contributed by atoms with Crippen molar-refractivity contribution in [2.45, 2.75) is 122 Å². The van der Waals surface area contributed by atoms with Crippen LogP contribution >= 0.6 is 0 Å². The molecule has 8 aromatic rings. The van der Waals surface area contributed by atoms with Crippen LogP contribution in [0.2, 0.25) is 0 Å². The monoisotopic (exact) mass is 1400 g/mol. The molecule has 2 aliphatic heterocycles. The van der Waals surface area contributed by atoms with Gasteiger partial charge in [0.05, 0.1) is 24.3 Å². The smallest absolute Gasteiger partial charge is 0.493 e. The Balaban J connectivity index is 0.000000276. The van der Waals surface area contributed by atoms with Gasteiger partial charge < -0.3 is 29.0 Å². The van der Waals surface area contributed by atoms with E-state index in [-0.39, 0.29) is 55.1 Å². The van der Waals surface area contributed by atoms with Gasteiger partial charge in [0.1, 0.15) is 0 Å². The average Bonchev–Trinajstić information content (AvgIpc) is 4.23. The molecule has 0 radical (unpaired) electrons. The molecule has 4 heterocycles. The Morgan fingerprint density at radius 1 is 0.462 bits per heavy atom. The first-order valence-electron chi connectivity index (χ1n) is 25.6. The maximum absolute atomic E-state index is 4.60. The van der Waals surface area contributed by atoms with Crippen LogP contribution in [0.4, 0.5) is 11.4 Å². The number of aryl methyl sites for hydroxylation is 4. The Morgan fingerprint density at radius 2 is 0.808 bits per heavy atom. The number of hydrazone groups is 2. The molecule has 2 aromatic heterocycles. The molecule has 0 saturated heterocycles. The minimum absolute atomic E-state index is 0. The fourth-order valence-electron chi connectivity index (χ4n) is 8.99. The zero-order valence-corrected chi connectivity index (χ0v) is 51.2. The Bertz CT molecular complexity index is 2830. The van der Waals surface area contributed by atoms with E-state index >= 15 is 0 Å². The molecule has 0 N–H and O–H groups in total. The van der Waals surface area contributed by atoms with Gasteiger partial charge in [-0.2, -0.15) is 56.7 Å². The maximum atomic E-state index is 4.60. The quantitative estimate of drug-likeness (QED) is 0.127. The molecule has 0 spiro atoms. The van der Waals surface area contributed by atoms with Crippen molar-refractivity contribution in [1.82, 2.24) is 28.9 Å². The summed E-state index contributed by atoms with van der Waals surface area (Å²) in [7, 11) is 3.90. The number of anilines is 2. The van der Waals surface area contributed by atoms with Crippen LogP contribution in [0.1, 0.15) is 138 Å². The van der Waals surface area contributed by atoms with E-state index in [1.54, 1.807) is 12.7 Å². The number of benzene rings is 6. The molecule has 0 unspecified atom stereocenters. The first-order valence-corrected chi connectivity index (χ1v) is 25.6. The zero-order chi connectivity index (χ0) is 53.1. The second kappa shape index (κ2) is 30.7. The van der Waals surface area contributed by atoms with Gasteiger partial charge in [-0.3, -0.25) is 9.97 Å². The fraction of sp³-hybridized carbons (Fsp3) is 0.303. The van der Waals surface area contributed by atoms with Crippen molar-refractivity contribution >= 4 is 24.1 Å². The molecular formula is C66H80Ir2N10. The number of hydrogen-bond donors (Lipinski definition) is 0. The van der Waals surface area contributed by atoms with Crippen LogP contribution < -0.4 is 10.0 Å². The summed E-state index contributed by atoms with van der Waals surface area (Å²) < 4.78 is 4.44. The molecule has 6 aromatic carbocycles. The molecule has 0 fully saturated rings. The summed E-state index contributed by atoms with van der Waals surface area (Å²) in [6.45, 7) is 30.0. The molecule has 0 aliphatic carbocycles. The molecule has 0 bridgehead atoms. The van der Waals surface area contributed by atoms with E-state index in [0.29, 0.717) is 23.7 Å². The number of imidazole rings is 2. The number of para-hydroxylation sites is 2. The van der Waals surface area contributed by atoms with Gasteiger partial charge in [0.2, 0.25) is 0 Å². The predicted molar refractivity (Wildman–Crippen MR) is 321 cm³/mol. The number of aromatic nitrogens is 4. The molecule has 0 atom stereocenters. The van der Waals surface area contributed by atoms with Gasteiger partial charge in [-0.1, -0.05) is 146 Å². The van der Waals surface area contributed by atoms with Gasteiger partial charge in [0, 0.05) is 36.2 Å². The third-order valence-corrected chi connectivity index (χ3v) is 12.4. The van der Waals surface area contributed by atoms with Gasteiger partial charge in [0.25, 0.3) is 0 Å². The van der Waals surface area contributed by atoms with Gasteiger partial charge in [-0.15, -0.1) is 97.3 Å². The molecule has 412 valence electrons. The third kappa shape index (κ3) is 16.8. The van der Waals surface area contributed by atoms with Crippen LogP contribution in [-0.4, -0.2) is 55.7 Å². The standard InChI is InChI=1S/2C21H23N2.2C11H13N3.2CH4.2Ir/c2*1-15(2)18-11-8-12-19(16(3)4)20(18)23-14-13-22-21(23)17-9-6-5-7-10-17;2*1-9-4-10(2)6-11(5-9)14-8-13(3)7-12-14;;;;/h2*5-9,11-16H,1-4H3;2*4-5,7-8H,1-3H3;2*1H4;;/q2*-1;2*-2;;;2*+3. The third-order valence-electron chi connectivity index (χ3n) is 12.4.